The van der Waals surface area contributed by atoms with Gasteiger partial charge in [-0.2, -0.15) is 0 Å². The van der Waals surface area contributed by atoms with Gasteiger partial charge < -0.3 is 5.11 Å². The zero-order chi connectivity index (χ0) is 12.0. The van der Waals surface area contributed by atoms with Crippen LogP contribution in [0.3, 0.4) is 0 Å². The number of hydrogen-bond acceptors (Lipinski definition) is 2. The van der Waals surface area contributed by atoms with E-state index in [1.807, 2.05) is 0 Å². The number of benzene rings is 1. The Morgan fingerprint density at radius 2 is 2.06 bits per heavy atom. The number of allylic oxidation sites excluding steroid dienone is 1. The van der Waals surface area contributed by atoms with Crippen molar-refractivity contribution in [2.24, 2.45) is 0 Å². The summed E-state index contributed by atoms with van der Waals surface area (Å²) >= 11 is 0. The molecule has 0 saturated carbocycles. The molecule has 0 amide bonds. The molecule has 0 aliphatic rings. The smallest absolute Gasteiger partial charge is 0.387 e. The molecule has 3 nitrogen and oxygen atoms in total. The molecular formula is C13H17N2O+. The summed E-state index contributed by atoms with van der Waals surface area (Å²) in [4.78, 5) is 2.79. The molecule has 0 heterocycles. The average molecular weight is 217 g/mol. The van der Waals surface area contributed by atoms with Crippen LogP contribution in [0.2, 0.25) is 0 Å². The van der Waals surface area contributed by atoms with E-state index in [0.29, 0.717) is 12.3 Å². The molecule has 1 aromatic rings. The van der Waals surface area contributed by atoms with Crippen LogP contribution in [0.25, 0.3) is 4.98 Å². The van der Waals surface area contributed by atoms with Crippen LogP contribution in [0, 0.1) is 12.3 Å². The first-order valence-corrected chi connectivity index (χ1v) is 5.42. The fourth-order valence-corrected chi connectivity index (χ4v) is 1.56. The molecule has 0 radical (unpaired) electrons. The van der Waals surface area contributed by atoms with Crippen molar-refractivity contribution < 1.29 is 5.11 Å². The van der Waals surface area contributed by atoms with Gasteiger partial charge >= 0.3 is 6.20 Å². The van der Waals surface area contributed by atoms with Crippen LogP contribution in [-0.2, 0) is 0 Å². The second-order valence-corrected chi connectivity index (χ2v) is 4.09. The lowest BCUT2D eigenvalue weighted by atomic mass is 9.95. The molecule has 0 aliphatic carbocycles. The summed E-state index contributed by atoms with van der Waals surface area (Å²) in [5.41, 5.74) is 2.51. The Morgan fingerprint density at radius 3 is 2.62 bits per heavy atom. The van der Waals surface area contributed by atoms with Gasteiger partial charge in [-0.3, -0.25) is 0 Å². The molecule has 16 heavy (non-hydrogen) atoms. The van der Waals surface area contributed by atoms with Gasteiger partial charge in [0.1, 0.15) is 0 Å². The molecule has 3 heteroatoms. The normalized spacial score (nSPS) is 13.2. The average Bonchev–Trinajstić information content (AvgIpc) is 2.27. The topological polar surface area (TPSA) is 48.4 Å². The monoisotopic (exact) mass is 217 g/mol. The number of aliphatic hydroxyl groups excluding tert-OH is 1. The molecule has 1 unspecified atom stereocenters. The summed E-state index contributed by atoms with van der Waals surface area (Å²) < 4.78 is 0. The minimum atomic E-state index is 0.112. The maximum absolute atomic E-state index is 9.30. The molecule has 1 aromatic carbocycles. The zero-order valence-electron chi connectivity index (χ0n) is 9.72. The third kappa shape index (κ3) is 3.74. The van der Waals surface area contributed by atoms with Gasteiger partial charge in [0, 0.05) is 6.42 Å². The standard InChI is InChI=1S/C13H16N2O/c1-10-3-6-12(7-4-10)11(2)5-8-13(16)9-15-14/h3-4,6-7,9,11H,5,8H2,1-2H3/p+1/b13-9+. The van der Waals surface area contributed by atoms with Gasteiger partial charge in [0.25, 0.3) is 0 Å². The highest BCUT2D eigenvalue weighted by Crippen LogP contribution is 2.22. The van der Waals surface area contributed by atoms with E-state index in [0.717, 1.165) is 12.6 Å². The van der Waals surface area contributed by atoms with Crippen molar-refractivity contribution in [3.05, 3.63) is 52.3 Å². The maximum atomic E-state index is 9.30. The lowest BCUT2D eigenvalue weighted by Crippen LogP contribution is -1.94. The lowest BCUT2D eigenvalue weighted by Gasteiger charge is -2.10. The van der Waals surface area contributed by atoms with Crippen LogP contribution in [0.5, 0.6) is 0 Å². The third-order valence-electron chi connectivity index (χ3n) is 2.69. The molecule has 0 spiro atoms. The van der Waals surface area contributed by atoms with Crippen molar-refractivity contribution in [3.63, 3.8) is 0 Å². The Labute approximate surface area is 96.1 Å². The van der Waals surface area contributed by atoms with Crippen molar-refractivity contribution >= 4 is 0 Å². The first-order valence-electron chi connectivity index (χ1n) is 5.42. The number of aryl methyl sites for hydroxylation is 1. The Balaban J connectivity index is 2.53. The van der Waals surface area contributed by atoms with Crippen LogP contribution in [0.15, 0.2) is 36.2 Å². The van der Waals surface area contributed by atoms with E-state index in [2.05, 4.69) is 43.1 Å². The Morgan fingerprint density at radius 1 is 1.44 bits per heavy atom. The molecule has 0 fully saturated rings. The van der Waals surface area contributed by atoms with Gasteiger partial charge in [0.15, 0.2) is 10.7 Å². The summed E-state index contributed by atoms with van der Waals surface area (Å²) in [6.45, 7) is 4.18. The second kappa shape index (κ2) is 5.92. The van der Waals surface area contributed by atoms with Crippen LogP contribution in [0.4, 0.5) is 0 Å². The van der Waals surface area contributed by atoms with E-state index in [1.54, 1.807) is 0 Å². The maximum Gasteiger partial charge on any atom is 0.387 e. The Hall–Kier alpha value is -1.82. The van der Waals surface area contributed by atoms with E-state index in [1.165, 1.54) is 11.1 Å². The Bertz CT molecular complexity index is 401. The number of diazo groups is 1. The molecule has 0 aliphatic heterocycles. The van der Waals surface area contributed by atoms with Gasteiger partial charge in [-0.1, -0.05) is 36.8 Å². The third-order valence-corrected chi connectivity index (χ3v) is 2.69. The minimum absolute atomic E-state index is 0.112. The van der Waals surface area contributed by atoms with Crippen molar-refractivity contribution in [1.82, 2.24) is 0 Å². The Kier molecular flexibility index (Phi) is 4.53. The molecule has 84 valence electrons. The highest BCUT2D eigenvalue weighted by Gasteiger charge is 2.08. The summed E-state index contributed by atoms with van der Waals surface area (Å²) in [5.74, 6) is 0.497. The van der Waals surface area contributed by atoms with E-state index in [-0.39, 0.29) is 5.76 Å². The lowest BCUT2D eigenvalue weighted by molar-refractivity contribution is 0.378. The van der Waals surface area contributed by atoms with Crippen LogP contribution >= 0.6 is 0 Å². The summed E-state index contributed by atoms with van der Waals surface area (Å²) in [6, 6.07) is 8.39. The number of hydrogen-bond donors (Lipinski definition) is 1. The van der Waals surface area contributed by atoms with Gasteiger partial charge in [0.05, 0.1) is 0 Å². The first-order chi connectivity index (χ1) is 7.63. The highest BCUT2D eigenvalue weighted by atomic mass is 16.3. The summed E-state index contributed by atoms with van der Waals surface area (Å²) in [5, 5.41) is 17.5. The number of aliphatic hydroxyl groups is 1. The number of nitrogens with zero attached hydrogens (tertiary/aromatic N) is 2. The summed E-state index contributed by atoms with van der Waals surface area (Å²) in [6.07, 6.45) is 2.43. The molecule has 0 bridgehead atoms. The minimum Gasteiger partial charge on any atom is -0.505 e. The van der Waals surface area contributed by atoms with Gasteiger partial charge in [-0.05, 0) is 24.8 Å². The predicted octanol–water partition coefficient (Wildman–Crippen LogP) is 4.13. The van der Waals surface area contributed by atoms with Crippen LogP contribution in [-0.4, -0.2) is 5.11 Å². The molecule has 1 N–H and O–H groups in total. The van der Waals surface area contributed by atoms with E-state index < -0.39 is 0 Å². The molecule has 0 saturated heterocycles. The second-order valence-electron chi connectivity index (χ2n) is 4.09. The van der Waals surface area contributed by atoms with Gasteiger partial charge in [0.2, 0.25) is 5.39 Å². The predicted molar refractivity (Wildman–Crippen MR) is 64.6 cm³/mol. The van der Waals surface area contributed by atoms with Crippen molar-refractivity contribution in [2.45, 2.75) is 32.6 Å². The van der Waals surface area contributed by atoms with Crippen LogP contribution in [0.1, 0.15) is 36.8 Å². The van der Waals surface area contributed by atoms with Crippen molar-refractivity contribution in [1.29, 1.82) is 5.39 Å². The molecule has 0 aromatic heterocycles. The summed E-state index contributed by atoms with van der Waals surface area (Å²) in [7, 11) is 0. The fraction of sp³-hybridized carbons (Fsp3) is 0.385. The largest absolute Gasteiger partial charge is 0.505 e. The molecule has 1 atom stereocenters. The first kappa shape index (κ1) is 12.3. The van der Waals surface area contributed by atoms with Gasteiger partial charge in [-0.25, -0.2) is 0 Å². The zero-order valence-corrected chi connectivity index (χ0v) is 9.72. The van der Waals surface area contributed by atoms with Crippen LogP contribution < -0.4 is 0 Å². The quantitative estimate of drug-likeness (QED) is 0.608. The number of rotatable bonds is 4. The van der Waals surface area contributed by atoms with E-state index in [4.69, 9.17) is 5.39 Å². The van der Waals surface area contributed by atoms with Crippen molar-refractivity contribution in [2.75, 3.05) is 0 Å². The highest BCUT2D eigenvalue weighted by molar-refractivity contribution is 5.24. The van der Waals surface area contributed by atoms with E-state index in [9.17, 15) is 5.11 Å². The van der Waals surface area contributed by atoms with Crippen molar-refractivity contribution in [3.8, 4) is 0 Å². The SMILES string of the molecule is Cc1ccc(C(C)CC/C(O)=C\[N+]#N)cc1. The van der Waals surface area contributed by atoms with E-state index >= 15 is 0 Å². The van der Waals surface area contributed by atoms with Gasteiger partial charge in [-0.15, -0.1) is 0 Å². The fourth-order valence-electron chi connectivity index (χ4n) is 1.56. The molecule has 1 rings (SSSR count). The molecular weight excluding hydrogens is 200 g/mol.